The SMILES string of the molecule is CNCc1cc(Cl)cc(OC)c1OCC1CN(C)CCO1. The monoisotopic (exact) mass is 314 g/mol. The third-order valence-electron chi connectivity index (χ3n) is 3.44. The molecule has 1 atom stereocenters. The summed E-state index contributed by atoms with van der Waals surface area (Å²) in [6.45, 7) is 3.74. The number of benzene rings is 1. The van der Waals surface area contributed by atoms with Crippen molar-refractivity contribution in [2.24, 2.45) is 0 Å². The molecule has 1 saturated heterocycles. The van der Waals surface area contributed by atoms with E-state index in [1.165, 1.54) is 0 Å². The number of halogens is 1. The molecule has 0 amide bonds. The van der Waals surface area contributed by atoms with Gasteiger partial charge in [0, 0.05) is 36.3 Å². The Hall–Kier alpha value is -1.01. The minimum Gasteiger partial charge on any atom is -0.493 e. The molecule has 0 spiro atoms. The Morgan fingerprint density at radius 3 is 2.95 bits per heavy atom. The number of hydrogen-bond donors (Lipinski definition) is 1. The van der Waals surface area contributed by atoms with Crippen LogP contribution in [0.5, 0.6) is 11.5 Å². The summed E-state index contributed by atoms with van der Waals surface area (Å²) in [5, 5.41) is 3.75. The fourth-order valence-corrected chi connectivity index (χ4v) is 2.63. The number of ether oxygens (including phenoxy) is 3. The van der Waals surface area contributed by atoms with Crippen LogP contribution in [0.3, 0.4) is 0 Å². The topological polar surface area (TPSA) is 43.0 Å². The zero-order valence-corrected chi connectivity index (χ0v) is 13.6. The molecule has 118 valence electrons. The first-order chi connectivity index (χ1) is 10.1. The van der Waals surface area contributed by atoms with Crippen LogP contribution in [-0.4, -0.2) is 58.5 Å². The van der Waals surface area contributed by atoms with Gasteiger partial charge in [-0.2, -0.15) is 0 Å². The van der Waals surface area contributed by atoms with Crippen LogP contribution in [0.4, 0.5) is 0 Å². The van der Waals surface area contributed by atoms with E-state index >= 15 is 0 Å². The van der Waals surface area contributed by atoms with E-state index in [2.05, 4.69) is 17.3 Å². The maximum atomic E-state index is 6.11. The van der Waals surface area contributed by atoms with Crippen molar-refractivity contribution in [3.8, 4) is 11.5 Å². The lowest BCUT2D eigenvalue weighted by Crippen LogP contribution is -2.42. The molecular weight excluding hydrogens is 292 g/mol. The second-order valence-corrected chi connectivity index (χ2v) is 5.63. The molecule has 5 nitrogen and oxygen atoms in total. The molecule has 1 heterocycles. The highest BCUT2D eigenvalue weighted by atomic mass is 35.5. The Morgan fingerprint density at radius 1 is 1.48 bits per heavy atom. The Balaban J connectivity index is 2.10. The third kappa shape index (κ3) is 4.48. The van der Waals surface area contributed by atoms with Gasteiger partial charge in [0.2, 0.25) is 0 Å². The molecule has 1 aliphatic heterocycles. The van der Waals surface area contributed by atoms with Gasteiger partial charge in [0.25, 0.3) is 0 Å². The van der Waals surface area contributed by atoms with Crippen LogP contribution in [0.2, 0.25) is 5.02 Å². The van der Waals surface area contributed by atoms with Crippen LogP contribution in [-0.2, 0) is 11.3 Å². The second kappa shape index (κ2) is 7.84. The van der Waals surface area contributed by atoms with Crippen LogP contribution in [0.1, 0.15) is 5.56 Å². The molecule has 0 bridgehead atoms. The van der Waals surface area contributed by atoms with Gasteiger partial charge < -0.3 is 24.4 Å². The normalized spacial score (nSPS) is 19.5. The maximum Gasteiger partial charge on any atom is 0.165 e. The van der Waals surface area contributed by atoms with Gasteiger partial charge in [-0.25, -0.2) is 0 Å². The Labute approximate surface area is 131 Å². The summed E-state index contributed by atoms with van der Waals surface area (Å²) in [6.07, 6.45) is 0.0755. The summed E-state index contributed by atoms with van der Waals surface area (Å²) in [7, 11) is 5.59. The third-order valence-corrected chi connectivity index (χ3v) is 3.66. The summed E-state index contributed by atoms with van der Waals surface area (Å²) in [5.74, 6) is 1.38. The highest BCUT2D eigenvalue weighted by Crippen LogP contribution is 2.35. The summed E-state index contributed by atoms with van der Waals surface area (Å²) in [5.41, 5.74) is 0.978. The van der Waals surface area contributed by atoms with Crippen LogP contribution in [0.25, 0.3) is 0 Å². The number of methoxy groups -OCH3 is 1. The van der Waals surface area contributed by atoms with E-state index in [1.807, 2.05) is 13.1 Å². The van der Waals surface area contributed by atoms with Gasteiger partial charge in [-0.3, -0.25) is 0 Å². The fraction of sp³-hybridized carbons (Fsp3) is 0.600. The molecule has 0 aliphatic carbocycles. The van der Waals surface area contributed by atoms with E-state index in [4.69, 9.17) is 25.8 Å². The molecule has 1 aliphatic rings. The van der Waals surface area contributed by atoms with Crippen molar-refractivity contribution in [1.29, 1.82) is 0 Å². The number of nitrogens with one attached hydrogen (secondary N) is 1. The molecule has 1 fully saturated rings. The van der Waals surface area contributed by atoms with Gasteiger partial charge in [0.1, 0.15) is 12.7 Å². The van der Waals surface area contributed by atoms with E-state index in [9.17, 15) is 0 Å². The van der Waals surface area contributed by atoms with E-state index < -0.39 is 0 Å². The summed E-state index contributed by atoms with van der Waals surface area (Å²) in [4.78, 5) is 2.24. The zero-order valence-electron chi connectivity index (χ0n) is 12.8. The first-order valence-electron chi connectivity index (χ1n) is 7.08. The standard InChI is InChI=1S/C15H23ClN2O3/c1-17-8-11-6-12(16)7-14(19-3)15(11)21-10-13-9-18(2)4-5-20-13/h6-7,13,17H,4-5,8-10H2,1-3H3. The lowest BCUT2D eigenvalue weighted by Gasteiger charge is -2.30. The number of nitrogens with zero attached hydrogens (tertiary/aromatic N) is 1. The summed E-state index contributed by atoms with van der Waals surface area (Å²) < 4.78 is 17.1. The van der Waals surface area contributed by atoms with Crippen molar-refractivity contribution in [3.05, 3.63) is 22.7 Å². The van der Waals surface area contributed by atoms with Gasteiger partial charge in [0.15, 0.2) is 11.5 Å². The summed E-state index contributed by atoms with van der Waals surface area (Å²) in [6, 6.07) is 3.66. The van der Waals surface area contributed by atoms with Gasteiger partial charge >= 0.3 is 0 Å². The number of hydrogen-bond acceptors (Lipinski definition) is 5. The largest absolute Gasteiger partial charge is 0.493 e. The lowest BCUT2D eigenvalue weighted by atomic mass is 10.2. The van der Waals surface area contributed by atoms with Crippen molar-refractivity contribution in [2.45, 2.75) is 12.6 Å². The molecule has 0 radical (unpaired) electrons. The predicted molar refractivity (Wildman–Crippen MR) is 83.5 cm³/mol. The molecule has 2 rings (SSSR count). The smallest absolute Gasteiger partial charge is 0.165 e. The van der Waals surface area contributed by atoms with Gasteiger partial charge in [-0.05, 0) is 20.2 Å². The first-order valence-corrected chi connectivity index (χ1v) is 7.45. The van der Waals surface area contributed by atoms with Crippen molar-refractivity contribution in [2.75, 3.05) is 47.5 Å². The minimum atomic E-state index is 0.0755. The highest BCUT2D eigenvalue weighted by Gasteiger charge is 2.20. The molecule has 1 N–H and O–H groups in total. The van der Waals surface area contributed by atoms with Crippen molar-refractivity contribution in [1.82, 2.24) is 10.2 Å². The zero-order chi connectivity index (χ0) is 15.2. The minimum absolute atomic E-state index is 0.0755. The molecule has 1 aromatic carbocycles. The fourth-order valence-electron chi connectivity index (χ4n) is 2.40. The van der Waals surface area contributed by atoms with Crippen LogP contribution < -0.4 is 14.8 Å². The molecular formula is C15H23ClN2O3. The average molecular weight is 315 g/mol. The van der Waals surface area contributed by atoms with Gasteiger partial charge in [-0.15, -0.1) is 0 Å². The molecule has 0 aromatic heterocycles. The van der Waals surface area contributed by atoms with E-state index in [0.717, 1.165) is 31.0 Å². The lowest BCUT2D eigenvalue weighted by molar-refractivity contribution is -0.0407. The molecule has 1 aromatic rings. The van der Waals surface area contributed by atoms with Crippen LogP contribution in [0, 0.1) is 0 Å². The van der Waals surface area contributed by atoms with Crippen LogP contribution >= 0.6 is 11.6 Å². The number of morpholine rings is 1. The van der Waals surface area contributed by atoms with Crippen LogP contribution in [0.15, 0.2) is 12.1 Å². The first kappa shape index (κ1) is 16.4. The molecule has 0 saturated carbocycles. The Bertz CT molecular complexity index is 470. The van der Waals surface area contributed by atoms with Crippen molar-refractivity contribution in [3.63, 3.8) is 0 Å². The Morgan fingerprint density at radius 2 is 2.29 bits per heavy atom. The van der Waals surface area contributed by atoms with Crippen molar-refractivity contribution < 1.29 is 14.2 Å². The van der Waals surface area contributed by atoms with E-state index in [-0.39, 0.29) is 6.10 Å². The average Bonchev–Trinajstić information content (AvgIpc) is 2.46. The highest BCUT2D eigenvalue weighted by molar-refractivity contribution is 6.30. The predicted octanol–water partition coefficient (Wildman–Crippen LogP) is 1.78. The quantitative estimate of drug-likeness (QED) is 0.867. The van der Waals surface area contributed by atoms with Crippen molar-refractivity contribution >= 4 is 11.6 Å². The number of likely N-dealkylation sites (N-methyl/N-ethyl adjacent to an activating group) is 1. The van der Waals surface area contributed by atoms with Gasteiger partial charge in [0.05, 0.1) is 13.7 Å². The molecule has 21 heavy (non-hydrogen) atoms. The summed E-state index contributed by atoms with van der Waals surface area (Å²) >= 11 is 6.11. The molecule has 1 unspecified atom stereocenters. The van der Waals surface area contributed by atoms with Gasteiger partial charge in [-0.1, -0.05) is 11.6 Å². The molecule has 6 heteroatoms. The number of rotatable bonds is 6. The Kier molecular flexibility index (Phi) is 6.11. The van der Waals surface area contributed by atoms with E-state index in [0.29, 0.717) is 23.9 Å². The maximum absolute atomic E-state index is 6.11. The second-order valence-electron chi connectivity index (χ2n) is 5.19. The van der Waals surface area contributed by atoms with E-state index in [1.54, 1.807) is 13.2 Å².